The topological polar surface area (TPSA) is 78.6 Å². The molecule has 0 aromatic heterocycles. The molecule has 0 radical (unpaired) electrons. The average molecular weight is 434 g/mol. The fourth-order valence-electron chi connectivity index (χ4n) is 6.32. The Hall–Kier alpha value is -2.66. The zero-order chi connectivity index (χ0) is 22.2. The quantitative estimate of drug-likeness (QED) is 0.694. The predicted octanol–water partition coefficient (Wildman–Crippen LogP) is 4.66. The lowest BCUT2D eigenvalue weighted by Crippen LogP contribution is -2.47. The summed E-state index contributed by atoms with van der Waals surface area (Å²) in [7, 11) is 0. The maximum atomic E-state index is 13.0. The summed E-state index contributed by atoms with van der Waals surface area (Å²) in [5.41, 5.74) is 8.78. The van der Waals surface area contributed by atoms with Gasteiger partial charge in [-0.3, -0.25) is 0 Å². The maximum absolute atomic E-state index is 13.0. The van der Waals surface area contributed by atoms with E-state index in [4.69, 9.17) is 15.2 Å². The van der Waals surface area contributed by atoms with Crippen LogP contribution in [0.1, 0.15) is 63.9 Å². The molecule has 2 aromatic carbocycles. The number of hydrogen-bond donors (Lipinski definition) is 1. The first kappa shape index (κ1) is 21.2. The number of nitrogens with two attached hydrogens (primary N) is 1. The van der Waals surface area contributed by atoms with E-state index < -0.39 is 0 Å². The fraction of sp³-hybridized carbons (Fsp3) is 0.481. The van der Waals surface area contributed by atoms with Crippen molar-refractivity contribution in [3.05, 3.63) is 70.8 Å². The Morgan fingerprint density at radius 3 is 1.72 bits per heavy atom. The Morgan fingerprint density at radius 2 is 1.25 bits per heavy atom. The molecule has 6 atom stereocenters. The molecule has 168 valence electrons. The lowest BCUT2D eigenvalue weighted by Gasteiger charge is -2.42. The first-order valence-electron chi connectivity index (χ1n) is 11.8. The van der Waals surface area contributed by atoms with Crippen LogP contribution in [0.3, 0.4) is 0 Å². The molecule has 2 aromatic rings. The Balaban J connectivity index is 1.37. The third-order valence-corrected chi connectivity index (χ3v) is 7.89. The van der Waals surface area contributed by atoms with Crippen LogP contribution in [0.25, 0.3) is 0 Å². The zero-order valence-corrected chi connectivity index (χ0v) is 18.5. The molecule has 32 heavy (non-hydrogen) atoms. The molecule has 0 aliphatic heterocycles. The second-order valence-corrected chi connectivity index (χ2v) is 9.68. The molecule has 6 unspecified atom stereocenters. The van der Waals surface area contributed by atoms with E-state index in [1.54, 1.807) is 24.3 Å². The van der Waals surface area contributed by atoms with Gasteiger partial charge in [-0.25, -0.2) is 9.59 Å². The summed E-state index contributed by atoms with van der Waals surface area (Å²) >= 11 is 0. The number of ether oxygens (including phenoxy) is 2. The summed E-state index contributed by atoms with van der Waals surface area (Å²) in [5, 5.41) is 0. The number of benzene rings is 2. The number of fused-ring (bicyclic) bond motifs is 5. The fourth-order valence-corrected chi connectivity index (χ4v) is 6.32. The van der Waals surface area contributed by atoms with E-state index in [0.717, 1.165) is 17.5 Å². The molecule has 0 spiro atoms. The van der Waals surface area contributed by atoms with Crippen molar-refractivity contribution < 1.29 is 19.1 Å². The van der Waals surface area contributed by atoms with Gasteiger partial charge in [0.25, 0.3) is 0 Å². The summed E-state index contributed by atoms with van der Waals surface area (Å²) in [6.07, 6.45) is 5.07. The molecule has 2 N–H and O–H groups in total. The van der Waals surface area contributed by atoms with Crippen molar-refractivity contribution in [2.45, 2.75) is 57.8 Å². The minimum Gasteiger partial charge on any atom is -0.455 e. The highest BCUT2D eigenvalue weighted by Gasteiger charge is 2.61. The van der Waals surface area contributed by atoms with Crippen LogP contribution in [0.4, 0.5) is 0 Å². The van der Waals surface area contributed by atoms with Crippen LogP contribution in [0.5, 0.6) is 0 Å². The van der Waals surface area contributed by atoms with Gasteiger partial charge in [0.1, 0.15) is 12.2 Å². The number of carbonyl (C=O) groups excluding carboxylic acids is 2. The van der Waals surface area contributed by atoms with E-state index >= 15 is 0 Å². The minimum atomic E-state index is -0.379. The van der Waals surface area contributed by atoms with Gasteiger partial charge in [-0.15, -0.1) is 0 Å². The van der Waals surface area contributed by atoms with E-state index in [9.17, 15) is 9.59 Å². The predicted molar refractivity (Wildman–Crippen MR) is 121 cm³/mol. The molecule has 5 rings (SSSR count). The van der Waals surface area contributed by atoms with Crippen molar-refractivity contribution >= 4 is 11.9 Å². The maximum Gasteiger partial charge on any atom is 0.338 e. The van der Waals surface area contributed by atoms with Crippen molar-refractivity contribution in [1.29, 1.82) is 0 Å². The van der Waals surface area contributed by atoms with Crippen LogP contribution in [0.15, 0.2) is 48.5 Å². The van der Waals surface area contributed by atoms with E-state index in [0.29, 0.717) is 29.5 Å². The first-order valence-corrected chi connectivity index (χ1v) is 11.8. The summed E-state index contributed by atoms with van der Waals surface area (Å²) < 4.78 is 12.1. The standard InChI is InChI=1S/C27H31NO4/c1-16-6-10-18(11-7-16)26(29)31-24-22-14-23(21-5-3-2-4-20(21)22)25(24)32-27(30)19-12-8-17(15-28)9-13-19/h6-13,20-25H,2-5,14-15,28H2,1H3. The number of carbonyl (C=O) groups is 2. The van der Waals surface area contributed by atoms with Gasteiger partial charge in [-0.1, -0.05) is 42.7 Å². The highest BCUT2D eigenvalue weighted by atomic mass is 16.6. The van der Waals surface area contributed by atoms with E-state index in [2.05, 4.69) is 0 Å². The van der Waals surface area contributed by atoms with Crippen LogP contribution < -0.4 is 5.73 Å². The molecule has 3 aliphatic carbocycles. The lowest BCUT2D eigenvalue weighted by molar-refractivity contribution is -0.0872. The largest absolute Gasteiger partial charge is 0.455 e. The summed E-state index contributed by atoms with van der Waals surface area (Å²) in [6.45, 7) is 2.42. The first-order chi connectivity index (χ1) is 15.5. The van der Waals surface area contributed by atoms with E-state index in [-0.39, 0.29) is 36.0 Å². The van der Waals surface area contributed by atoms with Gasteiger partial charge < -0.3 is 15.2 Å². The third kappa shape index (κ3) is 3.83. The van der Waals surface area contributed by atoms with Crippen LogP contribution in [-0.4, -0.2) is 24.1 Å². The Morgan fingerprint density at radius 1 is 0.781 bits per heavy atom. The van der Waals surface area contributed by atoms with Crippen molar-refractivity contribution in [1.82, 2.24) is 0 Å². The normalized spacial score (nSPS) is 30.6. The Bertz CT molecular complexity index is 984. The summed E-state index contributed by atoms with van der Waals surface area (Å²) in [4.78, 5) is 25.9. The van der Waals surface area contributed by atoms with E-state index in [1.807, 2.05) is 31.2 Å². The van der Waals surface area contributed by atoms with Gasteiger partial charge >= 0.3 is 11.9 Å². The van der Waals surface area contributed by atoms with Crippen molar-refractivity contribution in [3.8, 4) is 0 Å². The molecular formula is C27H31NO4. The molecule has 0 saturated heterocycles. The molecule has 2 bridgehead atoms. The van der Waals surface area contributed by atoms with Gasteiger partial charge in [0.2, 0.25) is 0 Å². The molecule has 3 saturated carbocycles. The lowest BCUT2D eigenvalue weighted by atomic mass is 9.69. The molecule has 5 nitrogen and oxygen atoms in total. The molecular weight excluding hydrogens is 402 g/mol. The molecule has 3 fully saturated rings. The number of rotatable bonds is 5. The second-order valence-electron chi connectivity index (χ2n) is 9.68. The van der Waals surface area contributed by atoms with Crippen molar-refractivity contribution in [2.75, 3.05) is 0 Å². The van der Waals surface area contributed by atoms with Gasteiger partial charge in [0.15, 0.2) is 0 Å². The van der Waals surface area contributed by atoms with Gasteiger partial charge in [0.05, 0.1) is 11.1 Å². The van der Waals surface area contributed by atoms with Gasteiger partial charge in [-0.2, -0.15) is 0 Å². The van der Waals surface area contributed by atoms with Crippen molar-refractivity contribution in [2.24, 2.45) is 29.4 Å². The van der Waals surface area contributed by atoms with Gasteiger partial charge in [-0.05, 0) is 67.9 Å². The average Bonchev–Trinajstić information content (AvgIpc) is 3.36. The minimum absolute atomic E-state index is 0.272. The Kier molecular flexibility index (Phi) is 5.76. The number of esters is 2. The van der Waals surface area contributed by atoms with Crippen LogP contribution in [-0.2, 0) is 16.0 Å². The molecule has 0 amide bonds. The third-order valence-electron chi connectivity index (χ3n) is 7.89. The van der Waals surface area contributed by atoms with E-state index in [1.165, 1.54) is 25.7 Å². The SMILES string of the molecule is Cc1ccc(C(=O)OC2C3CC(C4CCCCC43)C2OC(=O)c2ccc(CN)cc2)cc1. The van der Waals surface area contributed by atoms with Crippen molar-refractivity contribution in [3.63, 3.8) is 0 Å². The number of hydrogen-bond acceptors (Lipinski definition) is 5. The molecule has 0 heterocycles. The monoisotopic (exact) mass is 433 g/mol. The summed E-state index contributed by atoms with van der Waals surface area (Å²) in [6, 6.07) is 14.6. The highest BCUT2D eigenvalue weighted by Crippen LogP contribution is 2.59. The van der Waals surface area contributed by atoms with Crippen LogP contribution in [0, 0.1) is 30.6 Å². The summed E-state index contributed by atoms with van der Waals surface area (Å²) in [5.74, 6) is 1.01. The number of aryl methyl sites for hydroxylation is 1. The second kappa shape index (κ2) is 8.70. The van der Waals surface area contributed by atoms with Crippen LogP contribution in [0.2, 0.25) is 0 Å². The highest BCUT2D eigenvalue weighted by molar-refractivity contribution is 5.90. The molecule has 3 aliphatic rings. The Labute approximate surface area is 189 Å². The molecule has 5 heteroatoms. The van der Waals surface area contributed by atoms with Crippen LogP contribution >= 0.6 is 0 Å². The zero-order valence-electron chi connectivity index (χ0n) is 18.5. The van der Waals surface area contributed by atoms with Gasteiger partial charge in [0, 0.05) is 18.4 Å². The smallest absolute Gasteiger partial charge is 0.338 e.